The van der Waals surface area contributed by atoms with Gasteiger partial charge in [-0.15, -0.1) is 0 Å². The highest BCUT2D eigenvalue weighted by Gasteiger charge is 2.57. The standard InChI is InChI=1S/C51H57N2O7PSi/c1-9-31-58-50(57)49(61(41-19-13-10-14-20-41,42-21-15-11-16-22-42)43-23-17-12-18-24-43)53-44(47(48(53)56)37(3)60-62(7,8)51(4,5)6)34-45(54)40-26-25-39(36(2)32-40)33-46(55)59-35-38-27-29-52-30-28-38/h9-30,32,37,44,47H,1,31,33-35H2,2-8H3/t37-,44+,47+/m0/s1. The number of carbonyl (C=O) groups is 4. The van der Waals surface area contributed by atoms with Crippen LogP contribution in [-0.2, 0) is 41.3 Å². The van der Waals surface area contributed by atoms with Crippen LogP contribution in [0.3, 0.4) is 0 Å². The lowest BCUT2D eigenvalue weighted by atomic mass is 9.79. The normalized spacial score (nSPS) is 15.9. The zero-order valence-electron chi connectivity index (χ0n) is 36.7. The number of nitrogens with zero attached hydrogens (tertiary/aromatic N) is 2. The van der Waals surface area contributed by atoms with Gasteiger partial charge in [-0.25, -0.2) is 4.79 Å². The summed E-state index contributed by atoms with van der Waals surface area (Å²) in [6.45, 7) is 15.1. The van der Waals surface area contributed by atoms with Crippen LogP contribution in [0.4, 0.5) is 0 Å². The van der Waals surface area contributed by atoms with Gasteiger partial charge < -0.3 is 18.8 Å². The second kappa shape index (κ2) is 19.6. The van der Waals surface area contributed by atoms with Crippen molar-refractivity contribution in [2.75, 3.05) is 6.61 Å². The first kappa shape index (κ1) is 45.8. The highest BCUT2D eigenvalue weighted by molar-refractivity contribution is 7.96. The molecule has 11 heteroatoms. The summed E-state index contributed by atoms with van der Waals surface area (Å²) in [5.74, 6) is -2.31. The van der Waals surface area contributed by atoms with Gasteiger partial charge in [-0.2, -0.15) is 0 Å². The minimum Gasteiger partial charge on any atom is -0.461 e. The first-order valence-corrected chi connectivity index (χ1v) is 25.7. The molecular formula is C51H57N2O7PSi. The van der Waals surface area contributed by atoms with Crippen molar-refractivity contribution in [2.45, 2.75) is 84.3 Å². The Labute approximate surface area is 367 Å². The van der Waals surface area contributed by atoms with Crippen LogP contribution in [0.25, 0.3) is 0 Å². The fourth-order valence-electron chi connectivity index (χ4n) is 7.86. The molecular weight excluding hydrogens is 812 g/mol. The number of hydrogen-bond donors (Lipinski definition) is 0. The lowest BCUT2D eigenvalue weighted by Gasteiger charge is -2.53. The van der Waals surface area contributed by atoms with Gasteiger partial charge >= 0.3 is 11.9 Å². The fourth-order valence-corrected chi connectivity index (χ4v) is 13.7. The molecule has 0 radical (unpaired) electrons. The van der Waals surface area contributed by atoms with E-state index in [1.165, 1.54) is 6.08 Å². The van der Waals surface area contributed by atoms with Gasteiger partial charge in [0.15, 0.2) is 14.1 Å². The van der Waals surface area contributed by atoms with Gasteiger partial charge in [-0.05, 0) is 82.8 Å². The lowest BCUT2D eigenvalue weighted by Crippen LogP contribution is -2.69. The minimum absolute atomic E-state index is 0.0378. The molecule has 0 bridgehead atoms. The maximum atomic E-state index is 15.2. The first-order valence-electron chi connectivity index (χ1n) is 21.0. The third-order valence-electron chi connectivity index (χ3n) is 12.1. The van der Waals surface area contributed by atoms with Crippen molar-refractivity contribution in [3.05, 3.63) is 169 Å². The Kier molecular flexibility index (Phi) is 14.5. The van der Waals surface area contributed by atoms with Crippen LogP contribution >= 0.6 is 6.89 Å². The Morgan fingerprint density at radius 1 is 0.839 bits per heavy atom. The van der Waals surface area contributed by atoms with E-state index in [4.69, 9.17) is 13.9 Å². The first-order chi connectivity index (χ1) is 29.6. The zero-order chi connectivity index (χ0) is 44.7. The average molecular weight is 869 g/mol. The van der Waals surface area contributed by atoms with Crippen LogP contribution in [0.5, 0.6) is 0 Å². The van der Waals surface area contributed by atoms with Crippen molar-refractivity contribution < 1.29 is 33.1 Å². The number of hydrogen-bond acceptors (Lipinski definition) is 8. The molecule has 1 aliphatic rings. The molecule has 3 atom stereocenters. The number of ketones is 1. The van der Waals surface area contributed by atoms with Crippen molar-refractivity contribution in [1.82, 2.24) is 9.88 Å². The maximum absolute atomic E-state index is 15.2. The third kappa shape index (κ3) is 9.68. The second-order valence-electron chi connectivity index (χ2n) is 17.2. The molecule has 0 unspecified atom stereocenters. The number of pyridine rings is 1. The van der Waals surface area contributed by atoms with Gasteiger partial charge in [0.2, 0.25) is 5.91 Å². The molecule has 9 nitrogen and oxygen atoms in total. The number of ether oxygens (including phenoxy) is 2. The van der Waals surface area contributed by atoms with Gasteiger partial charge in [-0.1, -0.05) is 137 Å². The van der Waals surface area contributed by atoms with Crippen molar-refractivity contribution in [1.29, 1.82) is 0 Å². The van der Waals surface area contributed by atoms with E-state index in [0.29, 0.717) is 5.56 Å². The van der Waals surface area contributed by atoms with E-state index in [-0.39, 0.29) is 54.2 Å². The number of benzene rings is 4. The smallest absolute Gasteiger partial charge is 0.356 e. The number of β-lactam (4-membered cyclic amide) rings is 1. The maximum Gasteiger partial charge on any atom is 0.356 e. The number of aryl methyl sites for hydroxylation is 1. The van der Waals surface area contributed by atoms with Crippen LogP contribution in [0.2, 0.25) is 18.1 Å². The summed E-state index contributed by atoms with van der Waals surface area (Å²) in [6.07, 6.45) is 4.18. The summed E-state index contributed by atoms with van der Waals surface area (Å²) in [6, 6.07) is 37.5. The Bertz CT molecular complexity index is 2350. The highest BCUT2D eigenvalue weighted by atomic mass is 31.2. The van der Waals surface area contributed by atoms with Crippen molar-refractivity contribution >= 4 is 60.2 Å². The van der Waals surface area contributed by atoms with Gasteiger partial charge in [0.05, 0.1) is 24.5 Å². The molecule has 1 fully saturated rings. The highest BCUT2D eigenvalue weighted by Crippen LogP contribution is 2.51. The van der Waals surface area contributed by atoms with Crippen LogP contribution in [0, 0.1) is 12.8 Å². The van der Waals surface area contributed by atoms with E-state index in [1.807, 2.05) is 105 Å². The summed E-state index contributed by atoms with van der Waals surface area (Å²) in [5.41, 5.74) is 2.95. The summed E-state index contributed by atoms with van der Waals surface area (Å²) in [4.78, 5) is 63.4. The SMILES string of the molecule is C=CCOC(=O)C(N1C(=O)[C@H]([C@H](C)O[Si](C)(C)C(C)(C)C)[C@H]1CC(=O)c1ccc(CC(=O)OCc2ccncc2)c(C)c1)=P(c1ccccc1)(c1ccccc1)c1ccccc1. The van der Waals surface area contributed by atoms with Crippen molar-refractivity contribution in [2.24, 2.45) is 5.92 Å². The molecule has 4 aromatic carbocycles. The lowest BCUT2D eigenvalue weighted by molar-refractivity contribution is -0.156. The molecule has 1 aliphatic heterocycles. The van der Waals surface area contributed by atoms with Gasteiger partial charge in [-0.3, -0.25) is 19.4 Å². The monoisotopic (exact) mass is 868 g/mol. The molecule has 0 N–H and O–H groups in total. The van der Waals surface area contributed by atoms with E-state index in [9.17, 15) is 9.59 Å². The fraction of sp³-hybridized carbons (Fsp3) is 0.294. The Hall–Kier alpha value is -5.67. The summed E-state index contributed by atoms with van der Waals surface area (Å²) < 4.78 is 18.4. The number of rotatable bonds is 17. The molecule has 0 spiro atoms. The van der Waals surface area contributed by atoms with Gasteiger partial charge in [0.25, 0.3) is 0 Å². The van der Waals surface area contributed by atoms with E-state index >= 15 is 9.59 Å². The molecule has 322 valence electrons. The van der Waals surface area contributed by atoms with Crippen molar-refractivity contribution in [3.63, 3.8) is 0 Å². The number of aromatic nitrogens is 1. The number of Topliss-reactive ketones (excluding diaryl/α,β-unsaturated/α-hetero) is 1. The number of likely N-dealkylation sites (tertiary alicyclic amines) is 1. The third-order valence-corrected chi connectivity index (χ3v) is 20.9. The molecule has 0 aliphatic carbocycles. The van der Waals surface area contributed by atoms with Gasteiger partial charge in [0.1, 0.15) is 18.6 Å². The molecule has 5 aromatic rings. The van der Waals surface area contributed by atoms with E-state index in [0.717, 1.165) is 32.6 Å². The molecule has 1 amide bonds. The predicted molar refractivity (Wildman–Crippen MR) is 251 cm³/mol. The summed E-state index contributed by atoms with van der Waals surface area (Å²) in [7, 11) is -2.41. The minimum atomic E-state index is -3.23. The average Bonchev–Trinajstić information content (AvgIpc) is 3.26. The van der Waals surface area contributed by atoms with E-state index in [1.54, 1.807) is 47.6 Å². The van der Waals surface area contributed by atoms with Crippen LogP contribution < -0.4 is 15.9 Å². The van der Waals surface area contributed by atoms with E-state index < -0.39 is 39.2 Å². The van der Waals surface area contributed by atoms with Crippen molar-refractivity contribution in [3.8, 4) is 0 Å². The topological polar surface area (TPSA) is 112 Å². The molecule has 1 aromatic heterocycles. The van der Waals surface area contributed by atoms with Crippen LogP contribution in [0.15, 0.2) is 146 Å². The Morgan fingerprint density at radius 2 is 1.39 bits per heavy atom. The Balaban J connectivity index is 1.49. The van der Waals surface area contributed by atoms with Crippen LogP contribution in [-0.4, -0.2) is 66.0 Å². The quantitative estimate of drug-likeness (QED) is 0.0229. The predicted octanol–water partition coefficient (Wildman–Crippen LogP) is 8.34. The number of amides is 1. The molecule has 1 saturated heterocycles. The largest absolute Gasteiger partial charge is 0.461 e. The number of carbonyl (C=O) groups excluding carboxylic acids is 4. The molecule has 2 heterocycles. The van der Waals surface area contributed by atoms with E-state index in [2.05, 4.69) is 45.4 Å². The Morgan fingerprint density at radius 3 is 1.89 bits per heavy atom. The van der Waals surface area contributed by atoms with Crippen LogP contribution in [0.1, 0.15) is 61.2 Å². The molecule has 6 rings (SSSR count). The van der Waals surface area contributed by atoms with Gasteiger partial charge in [0, 0.05) is 31.3 Å². The summed E-state index contributed by atoms with van der Waals surface area (Å²) >= 11 is 0. The zero-order valence-corrected chi connectivity index (χ0v) is 38.6. The molecule has 62 heavy (non-hydrogen) atoms. The summed E-state index contributed by atoms with van der Waals surface area (Å²) in [5, 5.41) is 2.39. The number of esters is 2. The second-order valence-corrected chi connectivity index (χ2v) is 25.3. The molecule has 0 saturated carbocycles.